The second kappa shape index (κ2) is 5.64. The molecule has 0 bridgehead atoms. The van der Waals surface area contributed by atoms with Crippen LogP contribution < -0.4 is 10.6 Å². The van der Waals surface area contributed by atoms with Gasteiger partial charge in [-0.2, -0.15) is 0 Å². The Labute approximate surface area is 121 Å². The summed E-state index contributed by atoms with van der Waals surface area (Å²) < 4.78 is 5.37. The summed E-state index contributed by atoms with van der Waals surface area (Å²) in [5, 5.41) is 2.15. The van der Waals surface area contributed by atoms with Gasteiger partial charge in [0, 0.05) is 34.6 Å². The largest absolute Gasteiger partial charge is 0.378 e. The van der Waals surface area contributed by atoms with Gasteiger partial charge in [0.05, 0.1) is 13.2 Å². The van der Waals surface area contributed by atoms with Crippen molar-refractivity contribution in [1.82, 2.24) is 0 Å². The molecule has 1 fully saturated rings. The third-order valence-electron chi connectivity index (χ3n) is 3.39. The van der Waals surface area contributed by atoms with Gasteiger partial charge in [-0.05, 0) is 23.8 Å². The number of morpholine rings is 1. The molecule has 2 aromatic rings. The number of carbonyl (C=O) groups excluding carboxylic acids is 1. The lowest BCUT2D eigenvalue weighted by Crippen LogP contribution is -2.35. The normalized spacial score (nSPS) is 15.3. The Morgan fingerprint density at radius 3 is 2.80 bits per heavy atom. The van der Waals surface area contributed by atoms with Gasteiger partial charge >= 0.3 is 0 Å². The molecule has 2 heterocycles. The van der Waals surface area contributed by atoms with Crippen LogP contribution in [-0.4, -0.2) is 32.2 Å². The van der Waals surface area contributed by atoms with Crippen molar-refractivity contribution in [2.75, 3.05) is 31.2 Å². The molecule has 1 aliphatic rings. The fourth-order valence-corrected chi connectivity index (χ4v) is 3.21. The molecule has 1 saturated heterocycles. The molecule has 0 radical (unpaired) electrons. The molecule has 1 aliphatic heterocycles. The summed E-state index contributed by atoms with van der Waals surface area (Å²) in [6.07, 6.45) is 0. The molecule has 5 heteroatoms. The summed E-state index contributed by atoms with van der Waals surface area (Å²) in [5.74, 6) is -0.392. The van der Waals surface area contributed by atoms with E-state index in [1.54, 1.807) is 17.4 Å². The van der Waals surface area contributed by atoms with Crippen molar-refractivity contribution in [3.05, 3.63) is 41.3 Å². The lowest BCUT2D eigenvalue weighted by Gasteiger charge is -2.27. The third-order valence-corrected chi connectivity index (χ3v) is 4.36. The van der Waals surface area contributed by atoms with Gasteiger partial charge in [-0.3, -0.25) is 4.79 Å². The minimum absolute atomic E-state index is 0.392. The van der Waals surface area contributed by atoms with E-state index in [9.17, 15) is 4.79 Å². The Kier molecular flexibility index (Phi) is 3.71. The molecule has 4 nitrogen and oxygen atoms in total. The number of benzene rings is 1. The number of carbonyl (C=O) groups is 1. The highest BCUT2D eigenvalue weighted by Crippen LogP contribution is 2.32. The van der Waals surface area contributed by atoms with Crippen LogP contribution in [0.4, 0.5) is 5.69 Å². The van der Waals surface area contributed by atoms with Gasteiger partial charge < -0.3 is 15.4 Å². The van der Waals surface area contributed by atoms with E-state index in [4.69, 9.17) is 10.5 Å². The molecule has 104 valence electrons. The number of thiophene rings is 1. The molecule has 1 amide bonds. The highest BCUT2D eigenvalue weighted by atomic mass is 32.1. The van der Waals surface area contributed by atoms with Gasteiger partial charge in [0.25, 0.3) is 0 Å². The van der Waals surface area contributed by atoms with Crippen LogP contribution in [0.15, 0.2) is 35.7 Å². The van der Waals surface area contributed by atoms with E-state index in [-0.39, 0.29) is 0 Å². The van der Waals surface area contributed by atoms with Crippen molar-refractivity contribution in [1.29, 1.82) is 0 Å². The number of nitrogens with zero attached hydrogens (tertiary/aromatic N) is 1. The van der Waals surface area contributed by atoms with Gasteiger partial charge in [0.2, 0.25) is 5.91 Å². The van der Waals surface area contributed by atoms with E-state index >= 15 is 0 Å². The molecule has 3 rings (SSSR count). The number of rotatable bonds is 3. The Bertz CT molecular complexity index is 618. The van der Waals surface area contributed by atoms with Crippen LogP contribution in [0.25, 0.3) is 10.4 Å². The first-order valence-electron chi connectivity index (χ1n) is 6.55. The van der Waals surface area contributed by atoms with Crippen molar-refractivity contribution in [2.45, 2.75) is 0 Å². The minimum Gasteiger partial charge on any atom is -0.378 e. The average molecular weight is 288 g/mol. The number of primary amides is 1. The Morgan fingerprint density at radius 2 is 2.05 bits per heavy atom. The van der Waals surface area contributed by atoms with Gasteiger partial charge in [-0.25, -0.2) is 0 Å². The van der Waals surface area contributed by atoms with Crippen LogP contribution in [0.2, 0.25) is 0 Å². The molecule has 0 spiro atoms. The topological polar surface area (TPSA) is 55.6 Å². The number of amides is 1. The van der Waals surface area contributed by atoms with E-state index in [1.165, 1.54) is 5.69 Å². The molecule has 0 aliphatic carbocycles. The number of hydrogen-bond donors (Lipinski definition) is 1. The Morgan fingerprint density at radius 1 is 1.25 bits per heavy atom. The predicted molar refractivity (Wildman–Crippen MR) is 81.3 cm³/mol. The first-order chi connectivity index (χ1) is 9.74. The van der Waals surface area contributed by atoms with E-state index in [1.807, 2.05) is 18.2 Å². The van der Waals surface area contributed by atoms with E-state index in [0.29, 0.717) is 5.56 Å². The van der Waals surface area contributed by atoms with Gasteiger partial charge in [-0.15, -0.1) is 11.3 Å². The Balaban J connectivity index is 1.85. The van der Waals surface area contributed by atoms with Crippen LogP contribution >= 0.6 is 11.3 Å². The molecule has 0 saturated carbocycles. The molecule has 2 N–H and O–H groups in total. The van der Waals surface area contributed by atoms with Crippen LogP contribution in [0.1, 0.15) is 10.4 Å². The maximum Gasteiger partial charge on any atom is 0.248 e. The van der Waals surface area contributed by atoms with E-state index in [2.05, 4.69) is 16.3 Å². The average Bonchev–Trinajstić information content (AvgIpc) is 2.98. The third kappa shape index (κ3) is 2.69. The zero-order valence-corrected chi connectivity index (χ0v) is 11.9. The number of nitrogens with two attached hydrogens (primary N) is 1. The fraction of sp³-hybridized carbons (Fsp3) is 0.267. The first kappa shape index (κ1) is 13.1. The van der Waals surface area contributed by atoms with Crippen molar-refractivity contribution >= 4 is 22.9 Å². The maximum absolute atomic E-state index is 11.2. The summed E-state index contributed by atoms with van der Waals surface area (Å²) >= 11 is 1.68. The smallest absolute Gasteiger partial charge is 0.248 e. The zero-order chi connectivity index (χ0) is 13.9. The summed E-state index contributed by atoms with van der Waals surface area (Å²) in [6, 6.07) is 9.61. The molecule has 1 aromatic heterocycles. The minimum atomic E-state index is -0.392. The molecular weight excluding hydrogens is 272 g/mol. The number of ether oxygens (including phenoxy) is 1. The second-order valence-electron chi connectivity index (χ2n) is 4.71. The summed E-state index contributed by atoms with van der Waals surface area (Å²) in [4.78, 5) is 14.7. The SMILES string of the molecule is NC(=O)c1cccc(-c2cc(N3CCOCC3)cs2)c1. The summed E-state index contributed by atoms with van der Waals surface area (Å²) in [5.41, 5.74) is 8.12. The van der Waals surface area contributed by atoms with Crippen molar-refractivity contribution in [3.63, 3.8) is 0 Å². The van der Waals surface area contributed by atoms with Gasteiger partial charge in [0.1, 0.15) is 0 Å². The highest BCUT2D eigenvalue weighted by Gasteiger charge is 2.13. The van der Waals surface area contributed by atoms with Crippen molar-refractivity contribution in [3.8, 4) is 10.4 Å². The lowest BCUT2D eigenvalue weighted by molar-refractivity contribution is 0.100. The number of anilines is 1. The second-order valence-corrected chi connectivity index (χ2v) is 5.62. The van der Waals surface area contributed by atoms with Crippen LogP contribution in [-0.2, 0) is 4.74 Å². The van der Waals surface area contributed by atoms with Crippen LogP contribution in [0.5, 0.6) is 0 Å². The van der Waals surface area contributed by atoms with E-state index < -0.39 is 5.91 Å². The highest BCUT2D eigenvalue weighted by molar-refractivity contribution is 7.14. The van der Waals surface area contributed by atoms with E-state index in [0.717, 1.165) is 36.7 Å². The predicted octanol–water partition coefficient (Wildman–Crippen LogP) is 2.35. The van der Waals surface area contributed by atoms with Crippen molar-refractivity contribution < 1.29 is 9.53 Å². The fourth-order valence-electron chi connectivity index (χ4n) is 2.29. The summed E-state index contributed by atoms with van der Waals surface area (Å²) in [6.45, 7) is 3.42. The quantitative estimate of drug-likeness (QED) is 0.943. The number of hydrogen-bond acceptors (Lipinski definition) is 4. The molecule has 0 unspecified atom stereocenters. The van der Waals surface area contributed by atoms with Gasteiger partial charge in [0.15, 0.2) is 0 Å². The molecule has 0 atom stereocenters. The maximum atomic E-state index is 11.2. The summed E-state index contributed by atoms with van der Waals surface area (Å²) in [7, 11) is 0. The lowest BCUT2D eigenvalue weighted by atomic mass is 10.1. The van der Waals surface area contributed by atoms with Gasteiger partial charge in [-0.1, -0.05) is 12.1 Å². The first-order valence-corrected chi connectivity index (χ1v) is 7.43. The molecular formula is C15H16N2O2S. The van der Waals surface area contributed by atoms with Crippen LogP contribution in [0, 0.1) is 0 Å². The monoisotopic (exact) mass is 288 g/mol. The Hall–Kier alpha value is -1.85. The van der Waals surface area contributed by atoms with Crippen molar-refractivity contribution in [2.24, 2.45) is 5.73 Å². The van der Waals surface area contributed by atoms with Crippen LogP contribution in [0.3, 0.4) is 0 Å². The standard InChI is InChI=1S/C15H16N2O2S/c16-15(18)12-3-1-2-11(8-12)14-9-13(10-20-14)17-4-6-19-7-5-17/h1-3,8-10H,4-7H2,(H2,16,18). The molecule has 1 aromatic carbocycles. The zero-order valence-electron chi connectivity index (χ0n) is 11.0. The molecule has 20 heavy (non-hydrogen) atoms.